The average molecular weight is 311 g/mol. The maximum Gasteiger partial charge on any atom is 0.326 e. The van der Waals surface area contributed by atoms with Crippen LogP contribution in [0.4, 0.5) is 11.7 Å². The Balaban J connectivity index is 1.92. The van der Waals surface area contributed by atoms with Crippen LogP contribution in [0.25, 0.3) is 11.4 Å². The summed E-state index contributed by atoms with van der Waals surface area (Å²) >= 11 is 0. The molecule has 1 heterocycles. The number of hydrogen-bond acceptors (Lipinski definition) is 6. The monoisotopic (exact) mass is 311 g/mol. The molecule has 0 amide bonds. The Morgan fingerprint density at radius 2 is 1.83 bits per heavy atom. The number of hydrogen-bond donors (Lipinski definition) is 1. The summed E-state index contributed by atoms with van der Waals surface area (Å²) in [5.74, 6) is 1.61. The molecule has 23 heavy (non-hydrogen) atoms. The molecule has 0 aliphatic heterocycles. The molecule has 6 heteroatoms. The lowest BCUT2D eigenvalue weighted by molar-refractivity contribution is 0.355. The van der Waals surface area contributed by atoms with Crippen molar-refractivity contribution in [2.24, 2.45) is 0 Å². The average Bonchev–Trinajstić information content (AvgIpc) is 3.04. The lowest BCUT2D eigenvalue weighted by Crippen LogP contribution is -1.95. The van der Waals surface area contributed by atoms with E-state index in [9.17, 15) is 0 Å². The molecule has 0 aliphatic rings. The summed E-state index contributed by atoms with van der Waals surface area (Å²) < 4.78 is 16.0. The molecule has 0 saturated carbocycles. The highest BCUT2D eigenvalue weighted by Crippen LogP contribution is 2.36. The number of methoxy groups -OCH3 is 2. The maximum atomic E-state index is 5.40. The van der Waals surface area contributed by atoms with Gasteiger partial charge in [0.05, 0.1) is 19.8 Å². The van der Waals surface area contributed by atoms with E-state index in [1.165, 1.54) is 0 Å². The standard InChI is InChI=1S/C17H17N3O3/c1-11-7-4-5-9-13(11)18-17-19-16(20-23-17)12-8-6-10-14(21-2)15(12)22-3/h4-10H,1-3H3,(H,18,19,20). The first kappa shape index (κ1) is 14.9. The molecule has 0 saturated heterocycles. The highest BCUT2D eigenvalue weighted by Gasteiger charge is 2.17. The van der Waals surface area contributed by atoms with Crippen LogP contribution in [0.1, 0.15) is 5.56 Å². The number of nitrogens with one attached hydrogen (secondary N) is 1. The number of para-hydroxylation sites is 2. The summed E-state index contributed by atoms with van der Waals surface area (Å²) in [6.07, 6.45) is 0. The molecule has 1 aromatic heterocycles. The van der Waals surface area contributed by atoms with Crippen molar-refractivity contribution in [3.05, 3.63) is 48.0 Å². The minimum absolute atomic E-state index is 0.319. The third-order valence-corrected chi connectivity index (χ3v) is 3.46. The zero-order chi connectivity index (χ0) is 16.2. The summed E-state index contributed by atoms with van der Waals surface area (Å²) in [6, 6.07) is 13.7. The van der Waals surface area contributed by atoms with Crippen LogP contribution in [0.15, 0.2) is 47.0 Å². The van der Waals surface area contributed by atoms with Crippen molar-refractivity contribution < 1.29 is 14.0 Å². The first-order valence-electron chi connectivity index (χ1n) is 7.10. The predicted molar refractivity (Wildman–Crippen MR) is 87.3 cm³/mol. The quantitative estimate of drug-likeness (QED) is 0.773. The van der Waals surface area contributed by atoms with Gasteiger partial charge in [0, 0.05) is 5.69 Å². The van der Waals surface area contributed by atoms with E-state index >= 15 is 0 Å². The molecular weight excluding hydrogens is 294 g/mol. The van der Waals surface area contributed by atoms with Gasteiger partial charge in [-0.1, -0.05) is 29.4 Å². The van der Waals surface area contributed by atoms with Crippen molar-refractivity contribution >= 4 is 11.7 Å². The second-order valence-corrected chi connectivity index (χ2v) is 4.90. The Morgan fingerprint density at radius 1 is 1.00 bits per heavy atom. The van der Waals surface area contributed by atoms with E-state index in [4.69, 9.17) is 14.0 Å². The van der Waals surface area contributed by atoms with Gasteiger partial charge in [-0.25, -0.2) is 0 Å². The van der Waals surface area contributed by atoms with Gasteiger partial charge >= 0.3 is 6.01 Å². The van der Waals surface area contributed by atoms with Gasteiger partial charge in [0.15, 0.2) is 11.5 Å². The Kier molecular flexibility index (Phi) is 4.14. The van der Waals surface area contributed by atoms with Crippen LogP contribution >= 0.6 is 0 Å². The summed E-state index contributed by atoms with van der Waals surface area (Å²) in [5, 5.41) is 7.13. The highest BCUT2D eigenvalue weighted by atomic mass is 16.5. The largest absolute Gasteiger partial charge is 0.493 e. The van der Waals surface area contributed by atoms with Crippen LogP contribution in [0.5, 0.6) is 11.5 Å². The van der Waals surface area contributed by atoms with E-state index in [0.29, 0.717) is 28.9 Å². The first-order valence-corrected chi connectivity index (χ1v) is 7.10. The zero-order valence-corrected chi connectivity index (χ0v) is 13.2. The fraction of sp³-hybridized carbons (Fsp3) is 0.176. The normalized spacial score (nSPS) is 10.4. The van der Waals surface area contributed by atoms with Crippen LogP contribution in [0, 0.1) is 6.92 Å². The van der Waals surface area contributed by atoms with Gasteiger partial charge in [0.2, 0.25) is 5.82 Å². The molecule has 0 atom stereocenters. The van der Waals surface area contributed by atoms with E-state index in [1.54, 1.807) is 14.2 Å². The molecule has 2 aromatic carbocycles. The van der Waals surface area contributed by atoms with Crippen LogP contribution in [-0.4, -0.2) is 24.4 Å². The Morgan fingerprint density at radius 3 is 2.57 bits per heavy atom. The molecule has 6 nitrogen and oxygen atoms in total. The summed E-state index contributed by atoms with van der Waals surface area (Å²) in [7, 11) is 3.16. The van der Waals surface area contributed by atoms with Crippen LogP contribution in [0.2, 0.25) is 0 Å². The van der Waals surface area contributed by atoms with Gasteiger partial charge in [-0.3, -0.25) is 0 Å². The SMILES string of the molecule is COc1cccc(-c2noc(Nc3ccccc3C)n2)c1OC. The van der Waals surface area contributed by atoms with E-state index in [0.717, 1.165) is 11.3 Å². The number of aromatic nitrogens is 2. The summed E-state index contributed by atoms with van der Waals surface area (Å²) in [4.78, 5) is 4.38. The van der Waals surface area contributed by atoms with E-state index in [2.05, 4.69) is 15.5 Å². The minimum Gasteiger partial charge on any atom is -0.493 e. The molecule has 0 bridgehead atoms. The number of anilines is 2. The molecule has 3 rings (SSSR count). The third-order valence-electron chi connectivity index (χ3n) is 3.46. The van der Waals surface area contributed by atoms with Crippen molar-refractivity contribution in [2.45, 2.75) is 6.92 Å². The van der Waals surface area contributed by atoms with Gasteiger partial charge in [-0.15, -0.1) is 0 Å². The first-order chi connectivity index (χ1) is 11.2. The molecule has 0 spiro atoms. The number of rotatable bonds is 5. The van der Waals surface area contributed by atoms with Crippen molar-refractivity contribution in [3.8, 4) is 22.9 Å². The summed E-state index contributed by atoms with van der Waals surface area (Å²) in [5.41, 5.74) is 2.71. The second-order valence-electron chi connectivity index (χ2n) is 4.90. The minimum atomic E-state index is 0.319. The van der Waals surface area contributed by atoms with Crippen LogP contribution in [-0.2, 0) is 0 Å². The smallest absolute Gasteiger partial charge is 0.326 e. The van der Waals surface area contributed by atoms with Crippen molar-refractivity contribution in [3.63, 3.8) is 0 Å². The van der Waals surface area contributed by atoms with Gasteiger partial charge in [0.1, 0.15) is 0 Å². The Hall–Kier alpha value is -3.02. The molecule has 0 unspecified atom stereocenters. The van der Waals surface area contributed by atoms with Gasteiger partial charge in [-0.2, -0.15) is 4.98 Å². The van der Waals surface area contributed by atoms with Gasteiger partial charge < -0.3 is 19.3 Å². The maximum absolute atomic E-state index is 5.40. The third kappa shape index (κ3) is 2.96. The van der Waals surface area contributed by atoms with Crippen molar-refractivity contribution in [2.75, 3.05) is 19.5 Å². The summed E-state index contributed by atoms with van der Waals surface area (Å²) in [6.45, 7) is 2.00. The fourth-order valence-corrected chi connectivity index (χ4v) is 2.28. The van der Waals surface area contributed by atoms with Gasteiger partial charge in [-0.05, 0) is 30.7 Å². The van der Waals surface area contributed by atoms with Crippen molar-refractivity contribution in [1.29, 1.82) is 0 Å². The Bertz CT molecular complexity index is 814. The second kappa shape index (κ2) is 6.39. The lowest BCUT2D eigenvalue weighted by Gasteiger charge is -2.09. The Labute approximate surface area is 134 Å². The fourth-order valence-electron chi connectivity index (χ4n) is 2.28. The van der Waals surface area contributed by atoms with Gasteiger partial charge in [0.25, 0.3) is 0 Å². The van der Waals surface area contributed by atoms with Crippen LogP contribution < -0.4 is 14.8 Å². The molecule has 118 valence electrons. The van der Waals surface area contributed by atoms with E-state index in [1.807, 2.05) is 49.4 Å². The van der Waals surface area contributed by atoms with Crippen LogP contribution in [0.3, 0.4) is 0 Å². The molecule has 0 aliphatic carbocycles. The van der Waals surface area contributed by atoms with E-state index < -0.39 is 0 Å². The predicted octanol–water partition coefficient (Wildman–Crippen LogP) is 3.81. The molecule has 0 fully saturated rings. The number of aryl methyl sites for hydroxylation is 1. The molecule has 0 radical (unpaired) electrons. The van der Waals surface area contributed by atoms with E-state index in [-0.39, 0.29) is 0 Å². The number of ether oxygens (including phenoxy) is 2. The molecule has 1 N–H and O–H groups in total. The lowest BCUT2D eigenvalue weighted by atomic mass is 10.2. The number of nitrogens with zero attached hydrogens (tertiary/aromatic N) is 2. The number of benzene rings is 2. The van der Waals surface area contributed by atoms with Crippen molar-refractivity contribution in [1.82, 2.24) is 10.1 Å². The zero-order valence-electron chi connectivity index (χ0n) is 13.2. The molecule has 3 aromatic rings. The molecular formula is C17H17N3O3. The topological polar surface area (TPSA) is 69.4 Å². The highest BCUT2D eigenvalue weighted by molar-refractivity contribution is 5.69.